The van der Waals surface area contributed by atoms with E-state index >= 15 is 0 Å². The Hall–Kier alpha value is -2.48. The minimum Gasteiger partial charge on any atom is -0.299 e. The first-order valence-corrected chi connectivity index (χ1v) is 8.50. The fourth-order valence-corrected chi connectivity index (χ4v) is 3.34. The lowest BCUT2D eigenvalue weighted by molar-refractivity contribution is -0.136. The normalized spacial score (nSPS) is 14.8. The van der Waals surface area contributed by atoms with Gasteiger partial charge in [-0.15, -0.1) is 0 Å². The van der Waals surface area contributed by atoms with Gasteiger partial charge in [0.1, 0.15) is 5.65 Å². The average molecular weight is 377 g/mol. The molecule has 4 nitrogen and oxygen atoms in total. The van der Waals surface area contributed by atoms with Crippen LogP contribution >= 0.6 is 12.2 Å². The number of fused-ring (bicyclic) bond motifs is 1. The molecule has 1 fully saturated rings. The maximum atomic E-state index is 13.7. The molecule has 2 heterocycles. The second-order valence-corrected chi connectivity index (χ2v) is 6.86. The number of halogens is 3. The number of nitrogens with zero attached hydrogens (tertiary/aromatic N) is 2. The molecule has 0 bridgehead atoms. The molecule has 1 aromatic carbocycles. The zero-order chi connectivity index (χ0) is 18.6. The van der Waals surface area contributed by atoms with E-state index in [0.717, 1.165) is 24.5 Å². The molecule has 4 rings (SSSR count). The highest BCUT2D eigenvalue weighted by atomic mass is 32.1. The van der Waals surface area contributed by atoms with Crippen molar-refractivity contribution in [1.82, 2.24) is 14.5 Å². The Morgan fingerprint density at radius 2 is 1.88 bits per heavy atom. The molecule has 26 heavy (non-hydrogen) atoms. The Bertz CT molecular complexity index is 1130. The average Bonchev–Trinajstić information content (AvgIpc) is 3.38. The molecule has 0 unspecified atom stereocenters. The third kappa shape index (κ3) is 2.84. The molecule has 0 spiro atoms. The molecule has 1 aliphatic carbocycles. The number of H-pyrrole nitrogens is 1. The molecular weight excluding hydrogens is 363 g/mol. The fraction of sp³-hybridized carbons (Fsp3) is 0.278. The maximum Gasteiger partial charge on any atom is 0.417 e. The number of hydrogen-bond acceptors (Lipinski definition) is 3. The lowest BCUT2D eigenvalue weighted by Gasteiger charge is -2.15. The van der Waals surface area contributed by atoms with Crippen molar-refractivity contribution in [1.29, 1.82) is 0 Å². The molecule has 8 heteroatoms. The molecule has 0 saturated heterocycles. The largest absolute Gasteiger partial charge is 0.417 e. The second-order valence-electron chi connectivity index (χ2n) is 6.48. The number of rotatable bonds is 2. The highest BCUT2D eigenvalue weighted by molar-refractivity contribution is 7.71. The number of aromatic nitrogens is 3. The molecule has 1 saturated carbocycles. The van der Waals surface area contributed by atoms with Gasteiger partial charge in [0.15, 0.2) is 4.77 Å². The van der Waals surface area contributed by atoms with Crippen molar-refractivity contribution in [2.45, 2.75) is 32.0 Å². The van der Waals surface area contributed by atoms with Gasteiger partial charge in [-0.25, -0.2) is 4.98 Å². The van der Waals surface area contributed by atoms with Crippen LogP contribution in [0.4, 0.5) is 13.2 Å². The van der Waals surface area contributed by atoms with Crippen LogP contribution in [0, 0.1) is 11.7 Å². The van der Waals surface area contributed by atoms with E-state index < -0.39 is 22.7 Å². The monoisotopic (exact) mass is 377 g/mol. The molecule has 3 aromatic rings. The molecule has 1 aliphatic rings. The van der Waals surface area contributed by atoms with Crippen LogP contribution in [0.25, 0.3) is 22.3 Å². The van der Waals surface area contributed by atoms with Gasteiger partial charge < -0.3 is 0 Å². The number of pyridine rings is 1. The van der Waals surface area contributed by atoms with Crippen LogP contribution in [0.1, 0.15) is 30.0 Å². The Balaban J connectivity index is 2.13. The summed E-state index contributed by atoms with van der Waals surface area (Å²) in [6.07, 6.45) is -3.08. The van der Waals surface area contributed by atoms with Crippen molar-refractivity contribution in [3.05, 3.63) is 56.6 Å². The first kappa shape index (κ1) is 17.0. The molecule has 2 aromatic heterocycles. The highest BCUT2D eigenvalue weighted by Crippen LogP contribution is 2.40. The first-order valence-electron chi connectivity index (χ1n) is 8.09. The van der Waals surface area contributed by atoms with Crippen LogP contribution in [0.3, 0.4) is 0 Å². The molecular formula is C18H14F3N3OS. The zero-order valence-corrected chi connectivity index (χ0v) is 14.5. The third-order valence-electron chi connectivity index (χ3n) is 4.46. The van der Waals surface area contributed by atoms with Gasteiger partial charge in [-0.2, -0.15) is 13.2 Å². The van der Waals surface area contributed by atoms with Crippen LogP contribution in [-0.4, -0.2) is 14.5 Å². The predicted octanol–water partition coefficient (Wildman–Crippen LogP) is 4.78. The highest BCUT2D eigenvalue weighted by Gasteiger charge is 2.36. The molecule has 0 amide bonds. The summed E-state index contributed by atoms with van der Waals surface area (Å²) in [5.74, 6) is 0. The number of benzene rings is 1. The summed E-state index contributed by atoms with van der Waals surface area (Å²) in [5.41, 5.74) is -0.161. The first-order chi connectivity index (χ1) is 12.3. The van der Waals surface area contributed by atoms with Crippen molar-refractivity contribution in [2.75, 3.05) is 0 Å². The Labute approximate surface area is 151 Å². The number of aromatic amines is 1. The van der Waals surface area contributed by atoms with Gasteiger partial charge >= 0.3 is 6.18 Å². The van der Waals surface area contributed by atoms with E-state index in [9.17, 15) is 18.0 Å². The quantitative estimate of drug-likeness (QED) is 0.654. The molecule has 0 radical (unpaired) electrons. The summed E-state index contributed by atoms with van der Waals surface area (Å²) in [6.45, 7) is 1.89. The van der Waals surface area contributed by atoms with Crippen molar-refractivity contribution < 1.29 is 13.2 Å². The minimum atomic E-state index is -4.68. The van der Waals surface area contributed by atoms with E-state index in [-0.39, 0.29) is 22.2 Å². The summed E-state index contributed by atoms with van der Waals surface area (Å²) in [5, 5.41) is -0.464. The second kappa shape index (κ2) is 5.77. The van der Waals surface area contributed by atoms with Gasteiger partial charge in [-0.05, 0) is 38.0 Å². The standard InChI is InChI=1S/C18H14F3N3OS/c1-9-2-4-10(5-3-9)13-8-12(18(19,20)21)14-15(22-13)24(11-6-7-11)17(26)23-16(14)25/h2-5,8,11H,6-7H2,1H3,(H,23,25,26). The lowest BCUT2D eigenvalue weighted by Crippen LogP contribution is -2.20. The van der Waals surface area contributed by atoms with Crippen molar-refractivity contribution in [3.8, 4) is 11.3 Å². The Kier molecular flexibility index (Phi) is 3.76. The number of nitrogens with one attached hydrogen (secondary N) is 1. The van der Waals surface area contributed by atoms with Crippen molar-refractivity contribution >= 4 is 23.3 Å². The van der Waals surface area contributed by atoms with Crippen LogP contribution in [0.15, 0.2) is 35.1 Å². The molecule has 134 valence electrons. The molecule has 0 atom stereocenters. The van der Waals surface area contributed by atoms with Crippen molar-refractivity contribution in [3.63, 3.8) is 0 Å². The van der Waals surface area contributed by atoms with Crippen LogP contribution in [-0.2, 0) is 6.18 Å². The smallest absolute Gasteiger partial charge is 0.299 e. The summed E-state index contributed by atoms with van der Waals surface area (Å²) < 4.78 is 42.7. The molecule has 1 N–H and O–H groups in total. The summed E-state index contributed by atoms with van der Waals surface area (Å²) in [7, 11) is 0. The van der Waals surface area contributed by atoms with E-state index in [0.29, 0.717) is 5.56 Å². The van der Waals surface area contributed by atoms with Crippen molar-refractivity contribution in [2.24, 2.45) is 0 Å². The summed E-state index contributed by atoms with van der Waals surface area (Å²) >= 11 is 5.18. The van der Waals surface area contributed by atoms with Gasteiger partial charge in [0.05, 0.1) is 16.6 Å². The number of alkyl halides is 3. The fourth-order valence-electron chi connectivity index (χ4n) is 3.01. The van der Waals surface area contributed by atoms with Gasteiger partial charge in [0.25, 0.3) is 5.56 Å². The van der Waals surface area contributed by atoms with Crippen LogP contribution < -0.4 is 5.56 Å². The third-order valence-corrected chi connectivity index (χ3v) is 4.76. The van der Waals surface area contributed by atoms with Crippen LogP contribution in [0.5, 0.6) is 0 Å². The van der Waals surface area contributed by atoms with E-state index in [1.807, 2.05) is 6.92 Å². The van der Waals surface area contributed by atoms with E-state index in [1.54, 1.807) is 28.8 Å². The Morgan fingerprint density at radius 3 is 2.46 bits per heavy atom. The predicted molar refractivity (Wildman–Crippen MR) is 94.6 cm³/mol. The maximum absolute atomic E-state index is 13.7. The summed E-state index contributed by atoms with van der Waals surface area (Å²) in [6, 6.07) is 7.95. The van der Waals surface area contributed by atoms with Gasteiger partial charge in [-0.3, -0.25) is 14.3 Å². The van der Waals surface area contributed by atoms with E-state index in [4.69, 9.17) is 12.2 Å². The van der Waals surface area contributed by atoms with Gasteiger partial charge in [0, 0.05) is 11.6 Å². The van der Waals surface area contributed by atoms with E-state index in [1.165, 1.54) is 0 Å². The number of hydrogen-bond donors (Lipinski definition) is 1. The van der Waals surface area contributed by atoms with Gasteiger partial charge in [0.2, 0.25) is 0 Å². The zero-order valence-electron chi connectivity index (χ0n) is 13.7. The number of aryl methyl sites for hydroxylation is 1. The Morgan fingerprint density at radius 1 is 1.23 bits per heavy atom. The topological polar surface area (TPSA) is 50.7 Å². The summed E-state index contributed by atoms with van der Waals surface area (Å²) in [4.78, 5) is 19.1. The van der Waals surface area contributed by atoms with Gasteiger partial charge in [-0.1, -0.05) is 29.8 Å². The minimum absolute atomic E-state index is 0.00773. The van der Waals surface area contributed by atoms with Crippen LogP contribution in [0.2, 0.25) is 0 Å². The SMILES string of the molecule is Cc1ccc(-c2cc(C(F)(F)F)c3c(=O)[nH]c(=S)n(C4CC4)c3n2)cc1. The lowest BCUT2D eigenvalue weighted by atomic mass is 10.0. The molecule has 0 aliphatic heterocycles. The van der Waals surface area contributed by atoms with E-state index in [2.05, 4.69) is 9.97 Å².